The Morgan fingerprint density at radius 1 is 1.23 bits per heavy atom. The van der Waals surface area contributed by atoms with Crippen molar-refractivity contribution in [2.75, 3.05) is 50.4 Å². The highest BCUT2D eigenvalue weighted by molar-refractivity contribution is 6.08. The number of hydrogen-bond donors (Lipinski definition) is 2. The number of aryl methyl sites for hydroxylation is 1. The van der Waals surface area contributed by atoms with E-state index in [-0.39, 0.29) is 11.8 Å². The lowest BCUT2D eigenvalue weighted by Crippen LogP contribution is -2.48. The van der Waals surface area contributed by atoms with Gasteiger partial charge in [0.25, 0.3) is 0 Å². The van der Waals surface area contributed by atoms with Crippen molar-refractivity contribution >= 4 is 35.0 Å². The molecule has 1 aliphatic carbocycles. The number of nitrogens with one attached hydrogen (secondary N) is 2. The summed E-state index contributed by atoms with van der Waals surface area (Å²) >= 11 is 0. The number of allylic oxidation sites excluding steroid dienone is 3. The molecule has 2 aromatic rings. The number of likely N-dealkylation sites (N-methyl/N-ethyl adjacent to an activating group) is 1. The molecule has 0 spiro atoms. The topological polar surface area (TPSA) is 85.7 Å². The third kappa shape index (κ3) is 7.49. The van der Waals surface area contributed by atoms with Gasteiger partial charge in [0.2, 0.25) is 11.9 Å². The Morgan fingerprint density at radius 2 is 2.03 bits per heavy atom. The molecule has 0 bridgehead atoms. The van der Waals surface area contributed by atoms with Crippen LogP contribution in [0.3, 0.4) is 0 Å². The number of aliphatic imine (C=N–C) groups is 1. The summed E-state index contributed by atoms with van der Waals surface area (Å²) in [5, 5.41) is 6.41. The Labute approximate surface area is 232 Å². The molecule has 2 aliphatic rings. The molecular weight excluding hydrogens is 486 g/mol. The summed E-state index contributed by atoms with van der Waals surface area (Å²) in [5.41, 5.74) is 5.65. The standard InChI is InChI=1S/C31H41N7O/c1-6-24(21-32-7-2)28-14-15-33-31(35-28)36-29-20-27(13-8-22(29)3)34-30(39)26-11-9-25(10-12-26)23(4)38-18-16-37(5)17-19-38/h6,8-11,13-15,20-21,23,26H,7,12,16-19H2,1-5H3,(H,34,39)(H,33,35,36)/b24-6+,32-21?. The summed E-state index contributed by atoms with van der Waals surface area (Å²) in [6.45, 7) is 13.3. The number of carbonyl (C=O) groups excluding carboxylic acids is 1. The largest absolute Gasteiger partial charge is 0.325 e. The highest BCUT2D eigenvalue weighted by Crippen LogP contribution is 2.26. The molecule has 39 heavy (non-hydrogen) atoms. The molecule has 1 aromatic carbocycles. The van der Waals surface area contributed by atoms with Gasteiger partial charge in [-0.3, -0.25) is 14.7 Å². The van der Waals surface area contributed by atoms with Crippen LogP contribution in [0.25, 0.3) is 5.57 Å². The van der Waals surface area contributed by atoms with Crippen LogP contribution in [0.1, 0.15) is 38.4 Å². The van der Waals surface area contributed by atoms with E-state index in [1.165, 1.54) is 5.57 Å². The second-order valence-corrected chi connectivity index (χ2v) is 10.2. The van der Waals surface area contributed by atoms with Crippen LogP contribution in [0.2, 0.25) is 0 Å². The van der Waals surface area contributed by atoms with Crippen molar-refractivity contribution in [3.8, 4) is 0 Å². The van der Waals surface area contributed by atoms with Gasteiger partial charge in [0, 0.05) is 68.1 Å². The molecule has 0 saturated carbocycles. The average molecular weight is 528 g/mol. The third-order valence-electron chi connectivity index (χ3n) is 7.46. The van der Waals surface area contributed by atoms with Crippen molar-refractivity contribution in [2.45, 2.75) is 40.2 Å². The predicted octanol–water partition coefficient (Wildman–Crippen LogP) is 5.10. The zero-order valence-electron chi connectivity index (χ0n) is 23.8. The summed E-state index contributed by atoms with van der Waals surface area (Å²) in [7, 11) is 2.17. The van der Waals surface area contributed by atoms with E-state index in [0.717, 1.165) is 60.9 Å². The van der Waals surface area contributed by atoms with E-state index < -0.39 is 0 Å². The van der Waals surface area contributed by atoms with E-state index in [1.807, 2.05) is 63.4 Å². The van der Waals surface area contributed by atoms with E-state index in [9.17, 15) is 4.79 Å². The van der Waals surface area contributed by atoms with Gasteiger partial charge >= 0.3 is 0 Å². The molecule has 4 rings (SSSR count). The number of piperazine rings is 1. The Kier molecular flexibility index (Phi) is 9.79. The number of anilines is 3. The smallest absolute Gasteiger partial charge is 0.231 e. The third-order valence-corrected chi connectivity index (χ3v) is 7.46. The lowest BCUT2D eigenvalue weighted by molar-refractivity contribution is -0.118. The second-order valence-electron chi connectivity index (χ2n) is 10.2. The number of benzene rings is 1. The van der Waals surface area contributed by atoms with Gasteiger partial charge in [0.1, 0.15) is 0 Å². The quantitative estimate of drug-likeness (QED) is 0.442. The molecule has 1 aromatic heterocycles. The molecule has 8 heteroatoms. The summed E-state index contributed by atoms with van der Waals surface area (Å²) in [5.74, 6) is 0.302. The number of amides is 1. The number of nitrogens with zero attached hydrogens (tertiary/aromatic N) is 5. The van der Waals surface area contributed by atoms with Crippen LogP contribution in [0.5, 0.6) is 0 Å². The van der Waals surface area contributed by atoms with Crippen LogP contribution in [-0.2, 0) is 4.79 Å². The molecule has 2 heterocycles. The lowest BCUT2D eigenvalue weighted by atomic mass is 9.92. The minimum atomic E-state index is -0.185. The van der Waals surface area contributed by atoms with Gasteiger partial charge in [-0.2, -0.15) is 0 Å². The maximum Gasteiger partial charge on any atom is 0.231 e. The van der Waals surface area contributed by atoms with Gasteiger partial charge in [0.15, 0.2) is 0 Å². The van der Waals surface area contributed by atoms with E-state index >= 15 is 0 Å². The molecule has 206 valence electrons. The van der Waals surface area contributed by atoms with E-state index in [0.29, 0.717) is 18.4 Å². The van der Waals surface area contributed by atoms with Gasteiger partial charge in [0.05, 0.1) is 11.6 Å². The molecule has 2 N–H and O–H groups in total. The van der Waals surface area contributed by atoms with Crippen LogP contribution in [0.15, 0.2) is 65.3 Å². The highest BCUT2D eigenvalue weighted by atomic mass is 16.1. The number of aromatic nitrogens is 2. The minimum absolute atomic E-state index is 0.00483. The summed E-state index contributed by atoms with van der Waals surface area (Å²) < 4.78 is 0. The summed E-state index contributed by atoms with van der Waals surface area (Å²) in [6.07, 6.45) is 12.7. The van der Waals surface area contributed by atoms with Crippen molar-refractivity contribution in [3.63, 3.8) is 0 Å². The SMILES string of the molecule is C/C=C(\C=NCC)c1ccnc(Nc2cc(NC(=O)C3C=CC(C(C)N4CCN(C)CC4)=CC3)ccc2C)n1. The van der Waals surface area contributed by atoms with Gasteiger partial charge in [-0.25, -0.2) is 9.97 Å². The van der Waals surface area contributed by atoms with Gasteiger partial charge in [-0.15, -0.1) is 0 Å². The van der Waals surface area contributed by atoms with Crippen LogP contribution in [0.4, 0.5) is 17.3 Å². The maximum absolute atomic E-state index is 13.1. The van der Waals surface area contributed by atoms with Crippen molar-refractivity contribution in [2.24, 2.45) is 10.9 Å². The molecule has 8 nitrogen and oxygen atoms in total. The molecule has 1 amide bonds. The predicted molar refractivity (Wildman–Crippen MR) is 162 cm³/mol. The highest BCUT2D eigenvalue weighted by Gasteiger charge is 2.24. The molecule has 0 radical (unpaired) electrons. The van der Waals surface area contributed by atoms with Crippen LogP contribution in [0, 0.1) is 12.8 Å². The summed E-state index contributed by atoms with van der Waals surface area (Å²) in [4.78, 5) is 31.4. The molecule has 1 saturated heterocycles. The first-order chi connectivity index (χ1) is 18.9. The van der Waals surface area contributed by atoms with Gasteiger partial charge < -0.3 is 15.5 Å². The first kappa shape index (κ1) is 28.4. The van der Waals surface area contributed by atoms with Crippen molar-refractivity contribution in [1.82, 2.24) is 19.8 Å². The normalized spacial score (nSPS) is 19.7. The van der Waals surface area contributed by atoms with Crippen LogP contribution >= 0.6 is 0 Å². The molecule has 2 atom stereocenters. The molecule has 2 unspecified atom stereocenters. The zero-order chi connectivity index (χ0) is 27.8. The fourth-order valence-electron chi connectivity index (χ4n) is 4.81. The zero-order valence-corrected chi connectivity index (χ0v) is 23.8. The summed E-state index contributed by atoms with van der Waals surface area (Å²) in [6, 6.07) is 8.09. The maximum atomic E-state index is 13.1. The molecule has 1 fully saturated rings. The number of hydrogen-bond acceptors (Lipinski definition) is 7. The molecular formula is C31H41N7O. The van der Waals surface area contributed by atoms with Crippen molar-refractivity contribution < 1.29 is 4.79 Å². The van der Waals surface area contributed by atoms with Gasteiger partial charge in [-0.05, 0) is 70.5 Å². The Bertz CT molecular complexity index is 1270. The van der Waals surface area contributed by atoms with E-state index in [1.54, 1.807) is 6.20 Å². The monoisotopic (exact) mass is 527 g/mol. The van der Waals surface area contributed by atoms with E-state index in [2.05, 4.69) is 61.5 Å². The fraction of sp³-hybridized carbons (Fsp3) is 0.419. The average Bonchev–Trinajstić information content (AvgIpc) is 2.95. The second kappa shape index (κ2) is 13.4. The first-order valence-electron chi connectivity index (χ1n) is 13.9. The fourth-order valence-corrected chi connectivity index (χ4v) is 4.81. The molecule has 1 aliphatic heterocycles. The minimum Gasteiger partial charge on any atom is -0.325 e. The van der Waals surface area contributed by atoms with Crippen LogP contribution < -0.4 is 10.6 Å². The lowest BCUT2D eigenvalue weighted by Gasteiger charge is -2.37. The van der Waals surface area contributed by atoms with Gasteiger partial charge in [-0.1, -0.05) is 30.4 Å². The van der Waals surface area contributed by atoms with E-state index in [4.69, 9.17) is 0 Å². The number of carbonyl (C=O) groups is 1. The Balaban J connectivity index is 1.38. The van der Waals surface area contributed by atoms with Crippen molar-refractivity contribution in [3.05, 3.63) is 71.6 Å². The number of rotatable bonds is 9. The first-order valence-corrected chi connectivity index (χ1v) is 13.9. The Hall–Kier alpha value is -3.62. The Morgan fingerprint density at radius 3 is 2.72 bits per heavy atom. The van der Waals surface area contributed by atoms with Crippen molar-refractivity contribution in [1.29, 1.82) is 0 Å². The van der Waals surface area contributed by atoms with Crippen LogP contribution in [-0.4, -0.2) is 77.7 Å².